The van der Waals surface area contributed by atoms with E-state index in [1.165, 1.54) is 12.8 Å². The largest absolute Gasteiger partial charge is 0.462 e. The lowest BCUT2D eigenvalue weighted by Crippen LogP contribution is -2.38. The third-order valence-electron chi connectivity index (χ3n) is 3.39. The minimum atomic E-state index is -0.246. The summed E-state index contributed by atoms with van der Waals surface area (Å²) in [6.45, 7) is 0.549. The van der Waals surface area contributed by atoms with E-state index in [-0.39, 0.29) is 18.8 Å². The minimum Gasteiger partial charge on any atom is -0.462 e. The molecule has 0 saturated heterocycles. The molecule has 0 spiro atoms. The number of aliphatic hydroxyl groups is 2. The predicted molar refractivity (Wildman–Crippen MR) is 64.4 cm³/mol. The van der Waals surface area contributed by atoms with Gasteiger partial charge >= 0.3 is 0 Å². The highest BCUT2D eigenvalue weighted by Crippen LogP contribution is 2.18. The van der Waals surface area contributed by atoms with E-state index >= 15 is 0 Å². The van der Waals surface area contributed by atoms with Crippen LogP contribution in [0.3, 0.4) is 0 Å². The molecule has 1 saturated carbocycles. The van der Waals surface area contributed by atoms with E-state index in [2.05, 4.69) is 5.32 Å². The van der Waals surface area contributed by atoms with E-state index in [4.69, 9.17) is 9.52 Å². The van der Waals surface area contributed by atoms with Gasteiger partial charge in [-0.2, -0.15) is 0 Å². The van der Waals surface area contributed by atoms with Gasteiger partial charge in [0.1, 0.15) is 18.1 Å². The molecule has 0 bridgehead atoms. The first kappa shape index (κ1) is 12.6. The lowest BCUT2D eigenvalue weighted by molar-refractivity contribution is 0.118. The van der Waals surface area contributed by atoms with Crippen LogP contribution in [0.1, 0.15) is 43.6 Å². The third-order valence-corrected chi connectivity index (χ3v) is 3.39. The van der Waals surface area contributed by atoms with E-state index in [1.807, 2.05) is 6.07 Å². The molecule has 0 amide bonds. The second kappa shape index (κ2) is 6.19. The summed E-state index contributed by atoms with van der Waals surface area (Å²) in [7, 11) is 0. The molecule has 96 valence electrons. The first-order valence-corrected chi connectivity index (χ1v) is 6.39. The number of aliphatic hydroxyl groups excluding tert-OH is 2. The summed E-state index contributed by atoms with van der Waals surface area (Å²) >= 11 is 0. The van der Waals surface area contributed by atoms with Crippen LogP contribution in [0.2, 0.25) is 0 Å². The molecule has 17 heavy (non-hydrogen) atoms. The van der Waals surface area contributed by atoms with Crippen molar-refractivity contribution in [1.29, 1.82) is 0 Å². The molecule has 1 aromatic rings. The minimum absolute atomic E-state index is 0.0634. The standard InChI is InChI=1S/C13H21NO3/c15-9-11-7-6-10(17-11)8-14-12-4-2-1-3-5-13(12)16/h6-7,12-16H,1-5,8-9H2. The van der Waals surface area contributed by atoms with Gasteiger partial charge in [0.2, 0.25) is 0 Å². The summed E-state index contributed by atoms with van der Waals surface area (Å²) in [6.07, 6.45) is 5.17. The van der Waals surface area contributed by atoms with E-state index in [0.717, 1.165) is 25.0 Å². The molecule has 1 fully saturated rings. The normalized spacial score (nSPS) is 25.8. The third kappa shape index (κ3) is 3.56. The van der Waals surface area contributed by atoms with Gasteiger partial charge in [-0.25, -0.2) is 0 Å². The Labute approximate surface area is 102 Å². The summed E-state index contributed by atoms with van der Waals surface area (Å²) in [5, 5.41) is 22.2. The lowest BCUT2D eigenvalue weighted by atomic mass is 10.1. The van der Waals surface area contributed by atoms with Crippen molar-refractivity contribution in [1.82, 2.24) is 5.32 Å². The van der Waals surface area contributed by atoms with Crippen molar-refractivity contribution in [3.63, 3.8) is 0 Å². The second-order valence-corrected chi connectivity index (χ2v) is 4.72. The Balaban J connectivity index is 1.83. The van der Waals surface area contributed by atoms with Gasteiger partial charge in [-0.05, 0) is 25.0 Å². The van der Waals surface area contributed by atoms with Gasteiger partial charge < -0.3 is 19.9 Å². The van der Waals surface area contributed by atoms with E-state index in [0.29, 0.717) is 12.3 Å². The topological polar surface area (TPSA) is 65.6 Å². The Morgan fingerprint density at radius 2 is 1.94 bits per heavy atom. The van der Waals surface area contributed by atoms with Crippen LogP contribution in [0, 0.1) is 0 Å². The van der Waals surface area contributed by atoms with E-state index in [9.17, 15) is 5.11 Å². The second-order valence-electron chi connectivity index (χ2n) is 4.72. The van der Waals surface area contributed by atoms with Crippen LogP contribution in [-0.4, -0.2) is 22.4 Å². The highest BCUT2D eigenvalue weighted by atomic mass is 16.4. The van der Waals surface area contributed by atoms with Crippen LogP contribution in [0.5, 0.6) is 0 Å². The van der Waals surface area contributed by atoms with Crippen LogP contribution in [0.4, 0.5) is 0 Å². The van der Waals surface area contributed by atoms with Crippen molar-refractivity contribution in [3.8, 4) is 0 Å². The Kier molecular flexibility index (Phi) is 4.59. The average Bonchev–Trinajstić information content (AvgIpc) is 2.70. The SMILES string of the molecule is OCc1ccc(CNC2CCCCCC2O)o1. The molecule has 0 aromatic carbocycles. The van der Waals surface area contributed by atoms with Gasteiger partial charge in [-0.15, -0.1) is 0 Å². The zero-order valence-corrected chi connectivity index (χ0v) is 10.1. The zero-order valence-electron chi connectivity index (χ0n) is 10.1. The van der Waals surface area contributed by atoms with Gasteiger partial charge in [0.25, 0.3) is 0 Å². The Hall–Kier alpha value is -0.840. The van der Waals surface area contributed by atoms with Crippen LogP contribution in [0.15, 0.2) is 16.5 Å². The summed E-state index contributed by atoms with van der Waals surface area (Å²) in [5.41, 5.74) is 0. The molecule has 1 aromatic heterocycles. The Bertz CT molecular complexity index is 337. The fraction of sp³-hybridized carbons (Fsp3) is 0.692. The number of furan rings is 1. The first-order valence-electron chi connectivity index (χ1n) is 6.39. The predicted octanol–water partition coefficient (Wildman–Crippen LogP) is 1.56. The molecule has 2 rings (SSSR count). The molecule has 4 heteroatoms. The number of hydrogen-bond donors (Lipinski definition) is 3. The smallest absolute Gasteiger partial charge is 0.129 e. The van der Waals surface area contributed by atoms with Crippen molar-refractivity contribution in [2.45, 2.75) is 57.4 Å². The van der Waals surface area contributed by atoms with Crippen molar-refractivity contribution >= 4 is 0 Å². The van der Waals surface area contributed by atoms with Crippen LogP contribution >= 0.6 is 0 Å². The molecule has 0 aliphatic heterocycles. The molecular formula is C13H21NO3. The Morgan fingerprint density at radius 3 is 2.71 bits per heavy atom. The van der Waals surface area contributed by atoms with Gasteiger partial charge in [0.15, 0.2) is 0 Å². The molecule has 1 heterocycles. The summed E-state index contributed by atoms with van der Waals surface area (Å²) < 4.78 is 5.40. The molecule has 3 N–H and O–H groups in total. The fourth-order valence-electron chi connectivity index (χ4n) is 2.36. The van der Waals surface area contributed by atoms with Crippen LogP contribution < -0.4 is 5.32 Å². The number of nitrogens with one attached hydrogen (secondary N) is 1. The van der Waals surface area contributed by atoms with Gasteiger partial charge in [0, 0.05) is 6.04 Å². The van der Waals surface area contributed by atoms with Crippen molar-refractivity contribution in [2.75, 3.05) is 0 Å². The van der Waals surface area contributed by atoms with E-state index in [1.54, 1.807) is 6.07 Å². The van der Waals surface area contributed by atoms with Gasteiger partial charge in [-0.1, -0.05) is 19.3 Å². The molecular weight excluding hydrogens is 218 g/mol. The maximum absolute atomic E-state index is 9.95. The molecule has 1 aliphatic rings. The van der Waals surface area contributed by atoms with Crippen LogP contribution in [0.25, 0.3) is 0 Å². The Morgan fingerprint density at radius 1 is 1.18 bits per heavy atom. The van der Waals surface area contributed by atoms with Crippen molar-refractivity contribution in [3.05, 3.63) is 23.7 Å². The summed E-state index contributed by atoms with van der Waals surface area (Å²) in [4.78, 5) is 0. The maximum atomic E-state index is 9.95. The average molecular weight is 239 g/mol. The van der Waals surface area contributed by atoms with E-state index < -0.39 is 0 Å². The molecule has 1 aliphatic carbocycles. The van der Waals surface area contributed by atoms with Gasteiger partial charge in [-0.3, -0.25) is 0 Å². The van der Waals surface area contributed by atoms with Crippen molar-refractivity contribution < 1.29 is 14.6 Å². The number of rotatable bonds is 4. The molecule has 2 atom stereocenters. The quantitative estimate of drug-likeness (QED) is 0.698. The first-order chi connectivity index (χ1) is 8.29. The molecule has 4 nitrogen and oxygen atoms in total. The highest BCUT2D eigenvalue weighted by Gasteiger charge is 2.21. The zero-order chi connectivity index (χ0) is 12.1. The lowest BCUT2D eigenvalue weighted by Gasteiger charge is -2.21. The summed E-state index contributed by atoms with van der Waals surface area (Å²) in [6, 6.07) is 3.81. The number of hydrogen-bond acceptors (Lipinski definition) is 4. The molecule has 2 unspecified atom stereocenters. The highest BCUT2D eigenvalue weighted by molar-refractivity contribution is 5.06. The van der Waals surface area contributed by atoms with Crippen LogP contribution in [-0.2, 0) is 13.2 Å². The van der Waals surface area contributed by atoms with Gasteiger partial charge in [0.05, 0.1) is 12.6 Å². The fourth-order valence-corrected chi connectivity index (χ4v) is 2.36. The monoisotopic (exact) mass is 239 g/mol. The van der Waals surface area contributed by atoms with Crippen molar-refractivity contribution in [2.24, 2.45) is 0 Å². The maximum Gasteiger partial charge on any atom is 0.129 e. The molecule has 0 radical (unpaired) electrons. The summed E-state index contributed by atoms with van der Waals surface area (Å²) in [5.74, 6) is 1.40.